The van der Waals surface area contributed by atoms with Crippen LogP contribution in [0.1, 0.15) is 47.9 Å². The fourth-order valence-corrected chi connectivity index (χ4v) is 3.88. The van der Waals surface area contributed by atoms with Gasteiger partial charge in [-0.1, -0.05) is 5.92 Å². The maximum absolute atomic E-state index is 12.7. The van der Waals surface area contributed by atoms with Gasteiger partial charge in [-0.2, -0.15) is 0 Å². The third-order valence-electron chi connectivity index (χ3n) is 4.89. The molecule has 1 aromatic rings. The molecule has 23 heavy (non-hydrogen) atoms. The first-order valence-corrected chi connectivity index (χ1v) is 7.76. The number of benzene rings is 1. The molecule has 1 aliphatic carbocycles. The summed E-state index contributed by atoms with van der Waals surface area (Å²) in [5.41, 5.74) is 3.73. The Hall–Kier alpha value is -1.63. The van der Waals surface area contributed by atoms with E-state index in [1.165, 1.54) is 0 Å². The highest BCUT2D eigenvalue weighted by Crippen LogP contribution is 2.42. The minimum absolute atomic E-state index is 0. The lowest BCUT2D eigenvalue weighted by molar-refractivity contribution is -0.138. The highest BCUT2D eigenvalue weighted by atomic mass is 35.5. The molecule has 1 aromatic carbocycles. The first kappa shape index (κ1) is 17.7. The molecule has 4 heteroatoms. The van der Waals surface area contributed by atoms with E-state index in [4.69, 9.17) is 0 Å². The molecule has 122 valence electrons. The van der Waals surface area contributed by atoms with Gasteiger partial charge in [0.15, 0.2) is 0 Å². The number of carbonyl (C=O) groups is 2. The number of rotatable bonds is 1. The Labute approximate surface area is 143 Å². The van der Waals surface area contributed by atoms with Crippen molar-refractivity contribution in [3.05, 3.63) is 34.4 Å². The van der Waals surface area contributed by atoms with Crippen molar-refractivity contribution in [2.24, 2.45) is 5.41 Å². The average molecular weight is 332 g/mol. The van der Waals surface area contributed by atoms with Gasteiger partial charge in [-0.05, 0) is 49.6 Å². The summed E-state index contributed by atoms with van der Waals surface area (Å²) in [5, 5.41) is 3.19. The van der Waals surface area contributed by atoms with Gasteiger partial charge in [0.1, 0.15) is 17.5 Å². The van der Waals surface area contributed by atoms with Crippen LogP contribution in [0, 0.1) is 31.1 Å². The summed E-state index contributed by atoms with van der Waals surface area (Å²) in [6.07, 6.45) is 1.04. The maximum atomic E-state index is 12.7. The number of halogens is 1. The SMILES string of the molecule is CC#Cc1cc(C)c(C2C(=O)CC3(CNC3)CC2=O)c(C)c1.Cl. The molecule has 0 bridgehead atoms. The minimum atomic E-state index is -0.574. The van der Waals surface area contributed by atoms with Crippen LogP contribution in [0.25, 0.3) is 0 Å². The van der Waals surface area contributed by atoms with E-state index in [1.54, 1.807) is 6.92 Å². The molecule has 0 radical (unpaired) electrons. The van der Waals surface area contributed by atoms with Crippen LogP contribution in [0.5, 0.6) is 0 Å². The summed E-state index contributed by atoms with van der Waals surface area (Å²) in [5.74, 6) is 5.52. The maximum Gasteiger partial charge on any atom is 0.148 e. The van der Waals surface area contributed by atoms with Crippen LogP contribution >= 0.6 is 12.4 Å². The van der Waals surface area contributed by atoms with Gasteiger partial charge >= 0.3 is 0 Å². The van der Waals surface area contributed by atoms with Crippen LogP contribution in [0.15, 0.2) is 12.1 Å². The molecule has 1 spiro atoms. The van der Waals surface area contributed by atoms with Crippen molar-refractivity contribution >= 4 is 24.0 Å². The summed E-state index contributed by atoms with van der Waals surface area (Å²) in [6, 6.07) is 3.96. The Kier molecular flexibility index (Phi) is 4.98. The predicted molar refractivity (Wildman–Crippen MR) is 93.0 cm³/mol. The zero-order chi connectivity index (χ0) is 15.9. The van der Waals surface area contributed by atoms with Gasteiger partial charge in [-0.15, -0.1) is 18.3 Å². The molecule has 1 saturated heterocycles. The quantitative estimate of drug-likeness (QED) is 0.635. The number of hydrogen-bond donors (Lipinski definition) is 1. The van der Waals surface area contributed by atoms with E-state index in [0.717, 1.165) is 35.3 Å². The lowest BCUT2D eigenvalue weighted by Crippen LogP contribution is -2.58. The fourth-order valence-electron chi connectivity index (χ4n) is 3.88. The topological polar surface area (TPSA) is 46.2 Å². The van der Waals surface area contributed by atoms with E-state index < -0.39 is 5.92 Å². The molecule has 0 aromatic heterocycles. The van der Waals surface area contributed by atoms with E-state index in [0.29, 0.717) is 12.8 Å². The van der Waals surface area contributed by atoms with Gasteiger partial charge in [-0.3, -0.25) is 9.59 Å². The second-order valence-electron chi connectivity index (χ2n) is 6.72. The number of ketones is 2. The first-order chi connectivity index (χ1) is 10.5. The molecule has 3 nitrogen and oxygen atoms in total. The highest BCUT2D eigenvalue weighted by Gasteiger charge is 2.49. The second-order valence-corrected chi connectivity index (χ2v) is 6.72. The zero-order valence-corrected chi connectivity index (χ0v) is 14.6. The first-order valence-electron chi connectivity index (χ1n) is 7.76. The van der Waals surface area contributed by atoms with Crippen molar-refractivity contribution in [1.29, 1.82) is 0 Å². The summed E-state index contributed by atoms with van der Waals surface area (Å²) < 4.78 is 0. The summed E-state index contributed by atoms with van der Waals surface area (Å²) in [6.45, 7) is 7.33. The molecule has 0 atom stereocenters. The van der Waals surface area contributed by atoms with Crippen molar-refractivity contribution in [1.82, 2.24) is 5.32 Å². The molecule has 0 amide bonds. The van der Waals surface area contributed by atoms with Crippen molar-refractivity contribution in [2.45, 2.75) is 39.5 Å². The highest BCUT2D eigenvalue weighted by molar-refractivity contribution is 6.10. The standard InChI is InChI=1S/C19H21NO2.ClH/c1-4-5-14-6-12(2)17(13(3)7-14)18-15(21)8-19(9-16(18)22)10-20-11-19;/h6-7,18,20H,8-11H2,1-3H3;1H. The van der Waals surface area contributed by atoms with Crippen LogP contribution < -0.4 is 5.32 Å². The van der Waals surface area contributed by atoms with E-state index >= 15 is 0 Å². The van der Waals surface area contributed by atoms with E-state index in [-0.39, 0.29) is 29.4 Å². The molecular formula is C19H22ClNO2. The van der Waals surface area contributed by atoms with Crippen molar-refractivity contribution < 1.29 is 9.59 Å². The molecule has 1 aliphatic heterocycles. The summed E-state index contributed by atoms with van der Waals surface area (Å²) >= 11 is 0. The second kappa shape index (κ2) is 6.47. The summed E-state index contributed by atoms with van der Waals surface area (Å²) in [4.78, 5) is 25.3. The van der Waals surface area contributed by atoms with E-state index in [9.17, 15) is 9.59 Å². The van der Waals surface area contributed by atoms with Crippen LogP contribution in [-0.4, -0.2) is 24.7 Å². The Bertz CT molecular complexity index is 680. The Morgan fingerprint density at radius 1 is 1.09 bits per heavy atom. The lowest BCUT2D eigenvalue weighted by Gasteiger charge is -2.46. The average Bonchev–Trinajstić information content (AvgIpc) is 2.39. The third kappa shape index (κ3) is 3.06. The number of nitrogens with one attached hydrogen (secondary N) is 1. The molecule has 1 heterocycles. The summed E-state index contributed by atoms with van der Waals surface area (Å²) in [7, 11) is 0. The van der Waals surface area contributed by atoms with Crippen LogP contribution in [0.2, 0.25) is 0 Å². The van der Waals surface area contributed by atoms with Gasteiger partial charge in [0.05, 0.1) is 0 Å². The lowest BCUT2D eigenvalue weighted by atomic mass is 9.64. The largest absolute Gasteiger partial charge is 0.315 e. The monoisotopic (exact) mass is 331 g/mol. The molecule has 2 fully saturated rings. The number of hydrogen-bond acceptors (Lipinski definition) is 3. The Morgan fingerprint density at radius 2 is 1.61 bits per heavy atom. The fraction of sp³-hybridized carbons (Fsp3) is 0.474. The molecule has 3 rings (SSSR count). The van der Waals surface area contributed by atoms with Gasteiger partial charge in [0, 0.05) is 36.9 Å². The van der Waals surface area contributed by atoms with E-state index in [2.05, 4.69) is 17.2 Å². The van der Waals surface area contributed by atoms with Gasteiger partial charge in [0.25, 0.3) is 0 Å². The minimum Gasteiger partial charge on any atom is -0.315 e. The molecule has 1 N–H and O–H groups in total. The van der Waals surface area contributed by atoms with Crippen molar-refractivity contribution in [2.75, 3.05) is 13.1 Å². The number of Topliss-reactive ketones (excluding diaryl/α,β-unsaturated/α-hetero) is 2. The van der Waals surface area contributed by atoms with Gasteiger partial charge < -0.3 is 5.32 Å². The smallest absolute Gasteiger partial charge is 0.148 e. The molecule has 1 saturated carbocycles. The van der Waals surface area contributed by atoms with Gasteiger partial charge in [0.2, 0.25) is 0 Å². The molecule has 0 unspecified atom stereocenters. The van der Waals surface area contributed by atoms with E-state index in [1.807, 2.05) is 26.0 Å². The Morgan fingerprint density at radius 3 is 2.00 bits per heavy atom. The van der Waals surface area contributed by atoms with Crippen molar-refractivity contribution in [3.63, 3.8) is 0 Å². The third-order valence-corrected chi connectivity index (χ3v) is 4.89. The molecular weight excluding hydrogens is 310 g/mol. The van der Waals surface area contributed by atoms with Crippen LogP contribution in [-0.2, 0) is 9.59 Å². The van der Waals surface area contributed by atoms with Crippen LogP contribution in [0.4, 0.5) is 0 Å². The normalized spacial score (nSPS) is 19.6. The Balaban J connectivity index is 0.00000192. The number of carbonyl (C=O) groups excluding carboxylic acids is 2. The number of aryl methyl sites for hydroxylation is 2. The van der Waals surface area contributed by atoms with Gasteiger partial charge in [-0.25, -0.2) is 0 Å². The molecule has 2 aliphatic rings. The van der Waals surface area contributed by atoms with Crippen LogP contribution in [0.3, 0.4) is 0 Å². The zero-order valence-electron chi connectivity index (χ0n) is 13.8. The van der Waals surface area contributed by atoms with Crippen molar-refractivity contribution in [3.8, 4) is 11.8 Å². The predicted octanol–water partition coefficient (Wildman–Crippen LogP) is 2.70.